The van der Waals surface area contributed by atoms with E-state index in [4.69, 9.17) is 0 Å². The Morgan fingerprint density at radius 1 is 1.20 bits per heavy atom. The van der Waals surface area contributed by atoms with Crippen LogP contribution in [0, 0.1) is 5.92 Å². The molecule has 0 bridgehead atoms. The summed E-state index contributed by atoms with van der Waals surface area (Å²) < 4.78 is 0. The van der Waals surface area contributed by atoms with Crippen LogP contribution in [0.2, 0.25) is 0 Å². The molecule has 0 spiro atoms. The second-order valence-corrected chi connectivity index (χ2v) is 4.77. The quantitative estimate of drug-likeness (QED) is 0.746. The van der Waals surface area contributed by atoms with E-state index in [0.29, 0.717) is 0 Å². The topological polar surface area (TPSA) is 66.5 Å². The summed E-state index contributed by atoms with van der Waals surface area (Å²) in [6.45, 7) is 2.18. The highest BCUT2D eigenvalue weighted by molar-refractivity contribution is 5.12. The lowest BCUT2D eigenvalue weighted by atomic mass is 9.60. The van der Waals surface area contributed by atoms with Gasteiger partial charge in [-0.3, -0.25) is 0 Å². The lowest BCUT2D eigenvalue weighted by molar-refractivity contribution is 0.115. The number of H-pyrrole nitrogens is 1. The Labute approximate surface area is 89.0 Å². The summed E-state index contributed by atoms with van der Waals surface area (Å²) in [4.78, 5) is 0. The summed E-state index contributed by atoms with van der Waals surface area (Å²) in [5, 5.41) is 18.2. The van der Waals surface area contributed by atoms with E-state index in [0.717, 1.165) is 37.7 Å². The molecule has 1 aliphatic heterocycles. The summed E-state index contributed by atoms with van der Waals surface area (Å²) in [5.74, 6) is 1.74. The first-order chi connectivity index (χ1) is 7.42. The Hall–Kier alpha value is -0.970. The summed E-state index contributed by atoms with van der Waals surface area (Å²) in [7, 11) is 0. The minimum atomic E-state index is 0.219. The largest absolute Gasteiger partial charge is 0.317 e. The molecule has 2 aliphatic rings. The van der Waals surface area contributed by atoms with Crippen LogP contribution in [-0.4, -0.2) is 33.7 Å². The van der Waals surface area contributed by atoms with E-state index in [1.54, 1.807) is 0 Å². The van der Waals surface area contributed by atoms with Gasteiger partial charge in [0.2, 0.25) is 0 Å². The SMILES string of the molecule is C1CC(C2(c3nn[nH]n3)CCNCC2)C1. The molecule has 1 aromatic rings. The van der Waals surface area contributed by atoms with Crippen molar-refractivity contribution < 1.29 is 0 Å². The molecule has 1 aromatic heterocycles. The second kappa shape index (κ2) is 3.56. The molecule has 0 aromatic carbocycles. The van der Waals surface area contributed by atoms with Gasteiger partial charge in [-0.1, -0.05) is 11.6 Å². The average Bonchev–Trinajstić information content (AvgIpc) is 2.69. The van der Waals surface area contributed by atoms with Crippen LogP contribution >= 0.6 is 0 Å². The molecule has 0 unspecified atom stereocenters. The summed E-state index contributed by atoms with van der Waals surface area (Å²) >= 11 is 0. The Morgan fingerprint density at radius 3 is 2.53 bits per heavy atom. The van der Waals surface area contributed by atoms with Crippen molar-refractivity contribution in [3.05, 3.63) is 5.82 Å². The second-order valence-electron chi connectivity index (χ2n) is 4.77. The molecule has 5 heteroatoms. The summed E-state index contributed by atoms with van der Waals surface area (Å²) in [5.41, 5.74) is 0.219. The minimum Gasteiger partial charge on any atom is -0.317 e. The minimum absolute atomic E-state index is 0.219. The zero-order valence-corrected chi connectivity index (χ0v) is 8.87. The van der Waals surface area contributed by atoms with Gasteiger partial charge in [0.1, 0.15) is 0 Å². The summed E-state index contributed by atoms with van der Waals surface area (Å²) in [6, 6.07) is 0. The van der Waals surface area contributed by atoms with Gasteiger partial charge in [0, 0.05) is 5.41 Å². The van der Waals surface area contributed by atoms with E-state index in [1.807, 2.05) is 0 Å². The Morgan fingerprint density at radius 2 is 2.00 bits per heavy atom. The van der Waals surface area contributed by atoms with Gasteiger partial charge >= 0.3 is 0 Å². The van der Waals surface area contributed by atoms with Crippen molar-refractivity contribution in [3.8, 4) is 0 Å². The predicted octanol–water partition coefficient (Wildman–Crippen LogP) is 0.621. The highest BCUT2D eigenvalue weighted by atomic mass is 15.5. The highest BCUT2D eigenvalue weighted by Crippen LogP contribution is 2.47. The fourth-order valence-corrected chi connectivity index (χ4v) is 3.02. The maximum Gasteiger partial charge on any atom is 0.181 e. The monoisotopic (exact) mass is 207 g/mol. The Balaban J connectivity index is 1.92. The normalized spacial score (nSPS) is 26.1. The van der Waals surface area contributed by atoms with Crippen molar-refractivity contribution in [1.82, 2.24) is 25.9 Å². The third-order valence-electron chi connectivity index (χ3n) is 4.17. The van der Waals surface area contributed by atoms with Crippen molar-refractivity contribution in [1.29, 1.82) is 0 Å². The van der Waals surface area contributed by atoms with Crippen LogP contribution in [0.25, 0.3) is 0 Å². The fourth-order valence-electron chi connectivity index (χ4n) is 3.02. The van der Waals surface area contributed by atoms with Gasteiger partial charge in [0.05, 0.1) is 0 Å². The molecular weight excluding hydrogens is 190 g/mol. The van der Waals surface area contributed by atoms with E-state index < -0.39 is 0 Å². The number of rotatable bonds is 2. The van der Waals surface area contributed by atoms with Crippen LogP contribution in [0.1, 0.15) is 37.9 Å². The van der Waals surface area contributed by atoms with Crippen LogP contribution < -0.4 is 5.32 Å². The van der Waals surface area contributed by atoms with Crippen LogP contribution in [0.15, 0.2) is 0 Å². The molecule has 2 fully saturated rings. The lowest BCUT2D eigenvalue weighted by Crippen LogP contribution is -2.48. The van der Waals surface area contributed by atoms with E-state index >= 15 is 0 Å². The maximum atomic E-state index is 4.24. The predicted molar refractivity (Wildman–Crippen MR) is 55.3 cm³/mol. The van der Waals surface area contributed by atoms with Crippen LogP contribution in [0.5, 0.6) is 0 Å². The zero-order chi connectivity index (χ0) is 10.1. The molecule has 1 saturated carbocycles. The van der Waals surface area contributed by atoms with Gasteiger partial charge in [-0.25, -0.2) is 0 Å². The molecule has 1 aliphatic carbocycles. The first kappa shape index (κ1) is 9.27. The number of piperidine rings is 1. The molecule has 2 heterocycles. The van der Waals surface area contributed by atoms with Gasteiger partial charge in [-0.15, -0.1) is 10.2 Å². The molecule has 5 nitrogen and oxygen atoms in total. The maximum absolute atomic E-state index is 4.24. The molecular formula is C10H17N5. The van der Waals surface area contributed by atoms with Gasteiger partial charge in [0.25, 0.3) is 0 Å². The Kier molecular flexibility index (Phi) is 2.20. The third-order valence-corrected chi connectivity index (χ3v) is 4.17. The smallest absolute Gasteiger partial charge is 0.181 e. The first-order valence-corrected chi connectivity index (χ1v) is 5.86. The van der Waals surface area contributed by atoms with Gasteiger partial charge < -0.3 is 5.32 Å². The highest BCUT2D eigenvalue weighted by Gasteiger charge is 2.46. The number of hydrogen-bond donors (Lipinski definition) is 2. The molecule has 15 heavy (non-hydrogen) atoms. The molecule has 0 atom stereocenters. The van der Waals surface area contributed by atoms with Crippen LogP contribution in [0.4, 0.5) is 0 Å². The summed E-state index contributed by atoms with van der Waals surface area (Å²) in [6.07, 6.45) is 6.38. The number of tetrazole rings is 1. The van der Waals surface area contributed by atoms with Crippen molar-refractivity contribution >= 4 is 0 Å². The standard InChI is InChI=1S/C10H17N5/c1-2-8(3-1)10(4-6-11-7-5-10)9-12-14-15-13-9/h8,11H,1-7H2,(H,12,13,14,15). The van der Waals surface area contributed by atoms with Crippen molar-refractivity contribution in [2.24, 2.45) is 5.92 Å². The van der Waals surface area contributed by atoms with Crippen molar-refractivity contribution in [3.63, 3.8) is 0 Å². The molecule has 82 valence electrons. The third kappa shape index (κ3) is 1.37. The fraction of sp³-hybridized carbons (Fsp3) is 0.900. The molecule has 1 saturated heterocycles. The number of hydrogen-bond acceptors (Lipinski definition) is 4. The lowest BCUT2D eigenvalue weighted by Gasteiger charge is -2.45. The first-order valence-electron chi connectivity index (χ1n) is 5.86. The van der Waals surface area contributed by atoms with Crippen molar-refractivity contribution in [2.45, 2.75) is 37.5 Å². The van der Waals surface area contributed by atoms with E-state index in [2.05, 4.69) is 25.9 Å². The molecule has 3 rings (SSSR count). The Bertz CT molecular complexity index is 311. The molecule has 0 radical (unpaired) electrons. The molecule has 2 N–H and O–H groups in total. The van der Waals surface area contributed by atoms with Gasteiger partial charge in [0.15, 0.2) is 5.82 Å². The van der Waals surface area contributed by atoms with Crippen LogP contribution in [-0.2, 0) is 5.41 Å². The molecule has 0 amide bonds. The number of nitrogens with one attached hydrogen (secondary N) is 2. The van der Waals surface area contributed by atoms with Gasteiger partial charge in [-0.05, 0) is 44.7 Å². The van der Waals surface area contributed by atoms with Crippen molar-refractivity contribution in [2.75, 3.05) is 13.1 Å². The van der Waals surface area contributed by atoms with E-state index in [-0.39, 0.29) is 5.41 Å². The van der Waals surface area contributed by atoms with E-state index in [9.17, 15) is 0 Å². The number of nitrogens with zero attached hydrogens (tertiary/aromatic N) is 3. The van der Waals surface area contributed by atoms with E-state index in [1.165, 1.54) is 19.3 Å². The zero-order valence-electron chi connectivity index (χ0n) is 8.87. The average molecular weight is 207 g/mol. The number of aromatic amines is 1. The number of aromatic nitrogens is 4. The van der Waals surface area contributed by atoms with Crippen LogP contribution in [0.3, 0.4) is 0 Å². The van der Waals surface area contributed by atoms with Gasteiger partial charge in [-0.2, -0.15) is 5.21 Å².